The van der Waals surface area contributed by atoms with Gasteiger partial charge in [-0.05, 0) is 18.6 Å². The second-order valence-electron chi connectivity index (χ2n) is 2.36. The first-order valence-corrected chi connectivity index (χ1v) is 3.31. The van der Waals surface area contributed by atoms with Crippen LogP contribution >= 0.6 is 0 Å². The summed E-state index contributed by atoms with van der Waals surface area (Å²) in [6.45, 7) is 0.851. The molecule has 0 saturated heterocycles. The van der Waals surface area contributed by atoms with Gasteiger partial charge in [-0.1, -0.05) is 0 Å². The minimum absolute atomic E-state index is 0.206. The molecular formula is C8H7FN. The van der Waals surface area contributed by atoms with Crippen LogP contribution in [0.2, 0.25) is 0 Å². The number of hydrogen-bond acceptors (Lipinski definition) is 1. The molecule has 2 rings (SSSR count). The number of nitrogens with one attached hydrogen (secondary N) is 1. The molecule has 10 heavy (non-hydrogen) atoms. The molecule has 0 amide bonds. The second-order valence-corrected chi connectivity index (χ2v) is 2.36. The Labute approximate surface area is 58.9 Å². The molecule has 1 heterocycles. The van der Waals surface area contributed by atoms with E-state index < -0.39 is 0 Å². The Balaban J connectivity index is 2.59. The third-order valence-electron chi connectivity index (χ3n) is 1.74. The van der Waals surface area contributed by atoms with Gasteiger partial charge in [0.2, 0.25) is 0 Å². The Kier molecular flexibility index (Phi) is 1.13. The van der Waals surface area contributed by atoms with Crippen molar-refractivity contribution in [2.45, 2.75) is 6.42 Å². The van der Waals surface area contributed by atoms with Gasteiger partial charge in [-0.25, -0.2) is 4.39 Å². The highest BCUT2D eigenvalue weighted by Crippen LogP contribution is 2.23. The van der Waals surface area contributed by atoms with Gasteiger partial charge < -0.3 is 5.32 Å². The first-order valence-electron chi connectivity index (χ1n) is 3.31. The number of hydrogen-bond donors (Lipinski definition) is 1. The van der Waals surface area contributed by atoms with E-state index in [4.69, 9.17) is 0 Å². The van der Waals surface area contributed by atoms with Crippen LogP contribution in [-0.4, -0.2) is 6.54 Å². The van der Waals surface area contributed by atoms with Crippen molar-refractivity contribution in [1.82, 2.24) is 0 Å². The second kappa shape index (κ2) is 1.97. The molecule has 1 aliphatic rings. The lowest BCUT2D eigenvalue weighted by atomic mass is 10.1. The average molecular weight is 136 g/mol. The Hall–Kier alpha value is -1.05. The highest BCUT2D eigenvalue weighted by molar-refractivity contribution is 5.55. The maximum atomic E-state index is 12.8. The van der Waals surface area contributed by atoms with Gasteiger partial charge in [-0.3, -0.25) is 0 Å². The molecule has 0 unspecified atom stereocenters. The standard InChI is InChI=1S/C8H7FN/c9-7-2-1-3-8-6(7)4-5-10-8/h1,3,10H,4-5H2. The number of fused-ring (bicyclic) bond motifs is 1. The fourth-order valence-electron chi connectivity index (χ4n) is 1.24. The highest BCUT2D eigenvalue weighted by Gasteiger charge is 2.12. The molecule has 0 aromatic heterocycles. The number of anilines is 1. The Morgan fingerprint density at radius 3 is 3.30 bits per heavy atom. The van der Waals surface area contributed by atoms with Crippen molar-refractivity contribution in [3.63, 3.8) is 0 Å². The summed E-state index contributed by atoms with van der Waals surface area (Å²) in [6.07, 6.45) is 0.790. The number of halogens is 1. The van der Waals surface area contributed by atoms with Crippen LogP contribution in [0.3, 0.4) is 0 Å². The largest absolute Gasteiger partial charge is 0.384 e. The van der Waals surface area contributed by atoms with Crippen LogP contribution in [-0.2, 0) is 6.42 Å². The van der Waals surface area contributed by atoms with Crippen molar-refractivity contribution in [3.05, 3.63) is 29.6 Å². The van der Waals surface area contributed by atoms with Crippen molar-refractivity contribution in [1.29, 1.82) is 0 Å². The summed E-state index contributed by atoms with van der Waals surface area (Å²) in [6, 6.07) is 5.98. The minimum atomic E-state index is -0.206. The molecule has 1 aromatic rings. The van der Waals surface area contributed by atoms with Gasteiger partial charge in [0.25, 0.3) is 0 Å². The molecule has 0 atom stereocenters. The van der Waals surface area contributed by atoms with Crippen molar-refractivity contribution >= 4 is 5.69 Å². The molecule has 1 nitrogen and oxygen atoms in total. The molecule has 1 aliphatic heterocycles. The van der Waals surface area contributed by atoms with Gasteiger partial charge in [0.05, 0.1) is 0 Å². The molecular weight excluding hydrogens is 129 g/mol. The quantitative estimate of drug-likeness (QED) is 0.571. The van der Waals surface area contributed by atoms with Crippen molar-refractivity contribution in [2.24, 2.45) is 0 Å². The number of rotatable bonds is 0. The summed E-state index contributed by atoms with van der Waals surface area (Å²) >= 11 is 0. The van der Waals surface area contributed by atoms with Gasteiger partial charge >= 0.3 is 0 Å². The maximum absolute atomic E-state index is 12.8. The van der Waals surface area contributed by atoms with Crippen molar-refractivity contribution < 1.29 is 4.39 Å². The zero-order valence-corrected chi connectivity index (χ0v) is 5.45. The summed E-state index contributed by atoms with van der Waals surface area (Å²) in [5.74, 6) is -0.206. The Morgan fingerprint density at radius 1 is 1.60 bits per heavy atom. The topological polar surface area (TPSA) is 12.0 Å². The lowest BCUT2D eigenvalue weighted by molar-refractivity contribution is 0.613. The molecule has 2 heteroatoms. The van der Waals surface area contributed by atoms with Crippen molar-refractivity contribution in [3.8, 4) is 0 Å². The lowest BCUT2D eigenvalue weighted by Crippen LogP contribution is -1.90. The molecule has 1 N–H and O–H groups in total. The van der Waals surface area contributed by atoms with E-state index in [-0.39, 0.29) is 5.82 Å². The first kappa shape index (κ1) is 5.71. The number of benzene rings is 1. The lowest BCUT2D eigenvalue weighted by Gasteiger charge is -1.97. The predicted molar refractivity (Wildman–Crippen MR) is 37.4 cm³/mol. The summed E-state index contributed by atoms with van der Waals surface area (Å²) in [5.41, 5.74) is 1.71. The van der Waals surface area contributed by atoms with Crippen LogP contribution in [0.4, 0.5) is 10.1 Å². The average Bonchev–Trinajstić information content (AvgIpc) is 2.36. The third-order valence-corrected chi connectivity index (χ3v) is 1.74. The third kappa shape index (κ3) is 0.685. The fourth-order valence-corrected chi connectivity index (χ4v) is 1.24. The summed E-state index contributed by atoms with van der Waals surface area (Å²) in [7, 11) is 0. The normalized spacial score (nSPS) is 14.5. The van der Waals surface area contributed by atoms with E-state index >= 15 is 0 Å². The van der Waals surface area contributed by atoms with Crippen LogP contribution < -0.4 is 5.32 Å². The Bertz CT molecular complexity index is 257. The predicted octanol–water partition coefficient (Wildman–Crippen LogP) is 1.59. The summed E-state index contributed by atoms with van der Waals surface area (Å²) < 4.78 is 12.8. The molecule has 0 bridgehead atoms. The zero-order valence-electron chi connectivity index (χ0n) is 5.45. The zero-order chi connectivity index (χ0) is 6.97. The Morgan fingerprint density at radius 2 is 2.50 bits per heavy atom. The van der Waals surface area contributed by atoms with Crippen LogP contribution in [0, 0.1) is 11.9 Å². The SMILES string of the molecule is Fc1[c]ccc2c1CCN2. The molecule has 0 aliphatic carbocycles. The fraction of sp³-hybridized carbons (Fsp3) is 0.250. The van der Waals surface area contributed by atoms with E-state index in [0.717, 1.165) is 24.2 Å². The van der Waals surface area contributed by atoms with Crippen LogP contribution in [0.25, 0.3) is 0 Å². The molecule has 1 aromatic carbocycles. The van der Waals surface area contributed by atoms with Gasteiger partial charge in [0.1, 0.15) is 5.82 Å². The first-order chi connectivity index (χ1) is 4.88. The molecule has 0 spiro atoms. The van der Waals surface area contributed by atoms with Crippen LogP contribution in [0.1, 0.15) is 5.56 Å². The molecule has 0 saturated carbocycles. The van der Waals surface area contributed by atoms with E-state index in [1.165, 1.54) is 0 Å². The van der Waals surface area contributed by atoms with Gasteiger partial charge in [0.15, 0.2) is 0 Å². The van der Waals surface area contributed by atoms with E-state index in [1.807, 2.05) is 6.07 Å². The highest BCUT2D eigenvalue weighted by atomic mass is 19.1. The van der Waals surface area contributed by atoms with E-state index in [1.54, 1.807) is 6.07 Å². The van der Waals surface area contributed by atoms with Gasteiger partial charge in [-0.2, -0.15) is 0 Å². The van der Waals surface area contributed by atoms with Gasteiger partial charge in [0, 0.05) is 23.9 Å². The minimum Gasteiger partial charge on any atom is -0.384 e. The summed E-state index contributed by atoms with van der Waals surface area (Å²) in [4.78, 5) is 0. The van der Waals surface area contributed by atoms with Gasteiger partial charge in [-0.15, -0.1) is 0 Å². The monoisotopic (exact) mass is 136 g/mol. The van der Waals surface area contributed by atoms with E-state index in [9.17, 15) is 4.39 Å². The molecule has 1 radical (unpaired) electrons. The van der Waals surface area contributed by atoms with E-state index in [0.29, 0.717) is 0 Å². The molecule has 0 fully saturated rings. The van der Waals surface area contributed by atoms with Crippen LogP contribution in [0.15, 0.2) is 12.1 Å². The van der Waals surface area contributed by atoms with E-state index in [2.05, 4.69) is 11.4 Å². The summed E-state index contributed by atoms with van der Waals surface area (Å²) in [5, 5.41) is 3.08. The van der Waals surface area contributed by atoms with Crippen molar-refractivity contribution in [2.75, 3.05) is 11.9 Å². The molecule has 51 valence electrons. The smallest absolute Gasteiger partial charge is 0.136 e. The van der Waals surface area contributed by atoms with Crippen LogP contribution in [0.5, 0.6) is 0 Å². The maximum Gasteiger partial charge on any atom is 0.136 e.